The minimum atomic E-state index is 0.177. The van der Waals surface area contributed by atoms with E-state index in [2.05, 4.69) is 49.0 Å². The van der Waals surface area contributed by atoms with Crippen LogP contribution in [0, 0.1) is 0 Å². The summed E-state index contributed by atoms with van der Waals surface area (Å²) in [6.45, 7) is 0. The number of alkyl halides is 2. The van der Waals surface area contributed by atoms with E-state index in [-0.39, 0.29) is 9.65 Å². The molecular formula is C13H11Br2N. The van der Waals surface area contributed by atoms with Crippen molar-refractivity contribution in [1.29, 1.82) is 0 Å². The zero-order valence-electron chi connectivity index (χ0n) is 8.55. The minimum Gasteiger partial charge on any atom is -0.260 e. The lowest BCUT2D eigenvalue weighted by Crippen LogP contribution is -2.00. The van der Waals surface area contributed by atoms with E-state index in [9.17, 15) is 0 Å². The summed E-state index contributed by atoms with van der Waals surface area (Å²) >= 11 is 7.38. The lowest BCUT2D eigenvalue weighted by atomic mass is 10.1. The van der Waals surface area contributed by atoms with Gasteiger partial charge in [-0.25, -0.2) is 0 Å². The standard InChI is InChI=1S/C13H11Br2N/c14-12(10-6-2-1-3-7-10)13(15)11-8-4-5-9-16-11/h1-9,12-13H/t12-,13+/m0/s1. The quantitative estimate of drug-likeness (QED) is 0.741. The molecule has 1 heterocycles. The van der Waals surface area contributed by atoms with Crippen molar-refractivity contribution in [3.63, 3.8) is 0 Å². The molecule has 0 radical (unpaired) electrons. The molecule has 82 valence electrons. The summed E-state index contributed by atoms with van der Waals surface area (Å²) in [7, 11) is 0. The fourth-order valence-electron chi connectivity index (χ4n) is 1.49. The van der Waals surface area contributed by atoms with Gasteiger partial charge < -0.3 is 0 Å². The largest absolute Gasteiger partial charge is 0.260 e. The molecule has 1 aromatic heterocycles. The first kappa shape index (κ1) is 11.8. The first-order valence-electron chi connectivity index (χ1n) is 5.03. The van der Waals surface area contributed by atoms with Crippen LogP contribution in [0.2, 0.25) is 0 Å². The van der Waals surface area contributed by atoms with Crippen LogP contribution in [0.1, 0.15) is 20.9 Å². The van der Waals surface area contributed by atoms with Gasteiger partial charge in [0.05, 0.1) is 15.3 Å². The van der Waals surface area contributed by atoms with Gasteiger partial charge in [-0.2, -0.15) is 0 Å². The van der Waals surface area contributed by atoms with E-state index in [1.165, 1.54) is 5.56 Å². The van der Waals surface area contributed by atoms with E-state index in [0.717, 1.165) is 5.69 Å². The minimum absolute atomic E-state index is 0.177. The molecule has 0 saturated carbocycles. The van der Waals surface area contributed by atoms with Gasteiger partial charge in [0.15, 0.2) is 0 Å². The molecule has 16 heavy (non-hydrogen) atoms. The maximum atomic E-state index is 4.35. The average molecular weight is 341 g/mol. The number of rotatable bonds is 3. The molecule has 0 aliphatic rings. The summed E-state index contributed by atoms with van der Waals surface area (Å²) in [5, 5.41) is 0. The maximum Gasteiger partial charge on any atom is 0.0733 e. The summed E-state index contributed by atoms with van der Waals surface area (Å²) in [6.07, 6.45) is 1.81. The molecule has 0 unspecified atom stereocenters. The molecule has 0 aliphatic carbocycles. The topological polar surface area (TPSA) is 12.9 Å². The van der Waals surface area contributed by atoms with Crippen LogP contribution >= 0.6 is 31.9 Å². The van der Waals surface area contributed by atoms with Gasteiger partial charge in [-0.3, -0.25) is 4.98 Å². The van der Waals surface area contributed by atoms with E-state index in [1.807, 2.05) is 42.6 Å². The number of hydrogen-bond acceptors (Lipinski definition) is 1. The van der Waals surface area contributed by atoms with Crippen LogP contribution in [-0.2, 0) is 0 Å². The molecule has 0 bridgehead atoms. The van der Waals surface area contributed by atoms with Gasteiger partial charge in [-0.1, -0.05) is 68.3 Å². The van der Waals surface area contributed by atoms with E-state index in [1.54, 1.807) is 0 Å². The van der Waals surface area contributed by atoms with E-state index in [4.69, 9.17) is 0 Å². The fraction of sp³-hybridized carbons (Fsp3) is 0.154. The second kappa shape index (κ2) is 5.60. The fourth-order valence-corrected chi connectivity index (χ4v) is 2.65. The van der Waals surface area contributed by atoms with Crippen LogP contribution in [0.5, 0.6) is 0 Å². The Kier molecular flexibility index (Phi) is 4.13. The summed E-state index contributed by atoms with van der Waals surface area (Å²) < 4.78 is 0. The molecule has 0 spiro atoms. The molecule has 0 amide bonds. The molecular weight excluding hydrogens is 330 g/mol. The SMILES string of the molecule is Br[C@H](c1ccccn1)[C@@H](Br)c1ccccc1. The Morgan fingerprint density at radius 2 is 1.50 bits per heavy atom. The first-order chi connectivity index (χ1) is 7.79. The highest BCUT2D eigenvalue weighted by Crippen LogP contribution is 2.41. The van der Waals surface area contributed by atoms with Gasteiger partial charge >= 0.3 is 0 Å². The number of halogens is 2. The average Bonchev–Trinajstić information content (AvgIpc) is 2.39. The van der Waals surface area contributed by atoms with E-state index >= 15 is 0 Å². The third-order valence-corrected chi connectivity index (χ3v) is 5.11. The second-order valence-corrected chi connectivity index (χ2v) is 5.44. The van der Waals surface area contributed by atoms with Crippen molar-refractivity contribution in [2.75, 3.05) is 0 Å². The molecule has 3 heteroatoms. The molecule has 1 aromatic carbocycles. The van der Waals surface area contributed by atoms with Gasteiger partial charge in [-0.05, 0) is 17.7 Å². The normalized spacial score (nSPS) is 14.4. The zero-order valence-corrected chi connectivity index (χ0v) is 11.7. The molecule has 2 aromatic rings. The van der Waals surface area contributed by atoms with Gasteiger partial charge in [0.2, 0.25) is 0 Å². The molecule has 2 atom stereocenters. The Balaban J connectivity index is 2.20. The van der Waals surface area contributed by atoms with Crippen LogP contribution in [0.3, 0.4) is 0 Å². The highest BCUT2D eigenvalue weighted by Gasteiger charge is 2.20. The van der Waals surface area contributed by atoms with Crippen molar-refractivity contribution in [3.8, 4) is 0 Å². The number of hydrogen-bond donors (Lipinski definition) is 0. The predicted octanol–water partition coefficient (Wildman–Crippen LogP) is 4.65. The lowest BCUT2D eigenvalue weighted by Gasteiger charge is -2.16. The molecule has 0 fully saturated rings. The Morgan fingerprint density at radius 1 is 0.812 bits per heavy atom. The zero-order chi connectivity index (χ0) is 11.4. The molecule has 1 nitrogen and oxygen atoms in total. The predicted molar refractivity (Wildman–Crippen MR) is 74.0 cm³/mol. The van der Waals surface area contributed by atoms with Crippen LogP contribution < -0.4 is 0 Å². The molecule has 2 rings (SSSR count). The van der Waals surface area contributed by atoms with Crippen LogP contribution in [0.4, 0.5) is 0 Å². The van der Waals surface area contributed by atoms with Gasteiger partial charge in [0, 0.05) is 6.20 Å². The highest BCUT2D eigenvalue weighted by molar-refractivity contribution is 9.12. The van der Waals surface area contributed by atoms with Gasteiger partial charge in [0.25, 0.3) is 0 Å². The Hall–Kier alpha value is -0.670. The van der Waals surface area contributed by atoms with Crippen molar-refractivity contribution >= 4 is 31.9 Å². The third kappa shape index (κ3) is 2.71. The second-order valence-electron chi connectivity index (χ2n) is 3.47. The number of aromatic nitrogens is 1. The molecule has 0 N–H and O–H groups in total. The third-order valence-electron chi connectivity index (χ3n) is 2.35. The van der Waals surface area contributed by atoms with Crippen molar-refractivity contribution in [2.45, 2.75) is 9.65 Å². The lowest BCUT2D eigenvalue weighted by molar-refractivity contribution is 0.895. The van der Waals surface area contributed by atoms with Crippen LogP contribution in [0.15, 0.2) is 54.7 Å². The number of pyridine rings is 1. The summed E-state index contributed by atoms with van der Waals surface area (Å²) in [5.74, 6) is 0. The van der Waals surface area contributed by atoms with Gasteiger partial charge in [-0.15, -0.1) is 0 Å². The molecule has 0 aliphatic heterocycles. The van der Waals surface area contributed by atoms with Crippen molar-refractivity contribution < 1.29 is 0 Å². The van der Waals surface area contributed by atoms with Crippen molar-refractivity contribution in [3.05, 3.63) is 66.0 Å². The Labute approximate surface area is 112 Å². The number of benzene rings is 1. The smallest absolute Gasteiger partial charge is 0.0733 e. The summed E-state index contributed by atoms with van der Waals surface area (Å²) in [4.78, 5) is 4.75. The maximum absolute atomic E-state index is 4.35. The first-order valence-corrected chi connectivity index (χ1v) is 6.86. The van der Waals surface area contributed by atoms with Crippen LogP contribution in [0.25, 0.3) is 0 Å². The summed E-state index contributed by atoms with van der Waals surface area (Å²) in [6, 6.07) is 16.3. The van der Waals surface area contributed by atoms with Crippen LogP contribution in [-0.4, -0.2) is 4.98 Å². The monoisotopic (exact) mass is 339 g/mol. The Morgan fingerprint density at radius 3 is 2.12 bits per heavy atom. The van der Waals surface area contributed by atoms with Gasteiger partial charge in [0.1, 0.15) is 0 Å². The van der Waals surface area contributed by atoms with E-state index < -0.39 is 0 Å². The van der Waals surface area contributed by atoms with E-state index in [0.29, 0.717) is 0 Å². The summed E-state index contributed by atoms with van der Waals surface area (Å²) in [5.41, 5.74) is 2.28. The molecule has 0 saturated heterocycles. The highest BCUT2D eigenvalue weighted by atomic mass is 79.9. The van der Waals surface area contributed by atoms with Crippen molar-refractivity contribution in [1.82, 2.24) is 4.98 Å². The number of nitrogens with zero attached hydrogens (tertiary/aromatic N) is 1. The van der Waals surface area contributed by atoms with Crippen molar-refractivity contribution in [2.24, 2.45) is 0 Å². The Bertz CT molecular complexity index is 387.